The van der Waals surface area contributed by atoms with Crippen molar-refractivity contribution in [2.45, 2.75) is 5.92 Å². The maximum Gasteiger partial charge on any atom is 0.254 e. The van der Waals surface area contributed by atoms with Gasteiger partial charge in [0.05, 0.1) is 27.2 Å². The normalized spacial score (nSPS) is 12.1. The molecular formula is C24H15Cl3FN5O2. The second-order valence-corrected chi connectivity index (χ2v) is 8.88. The Balaban J connectivity index is 1.44. The summed E-state index contributed by atoms with van der Waals surface area (Å²) in [5, 5.41) is 11.2. The number of benzene rings is 3. The van der Waals surface area contributed by atoms with Crippen molar-refractivity contribution in [3.63, 3.8) is 0 Å². The van der Waals surface area contributed by atoms with E-state index in [4.69, 9.17) is 39.2 Å². The minimum atomic E-state index is -0.514. The van der Waals surface area contributed by atoms with Gasteiger partial charge in [0, 0.05) is 17.6 Å². The Hall–Kier alpha value is -3.46. The third-order valence-corrected chi connectivity index (χ3v) is 6.21. The quantitative estimate of drug-likeness (QED) is 0.288. The van der Waals surface area contributed by atoms with E-state index in [0.29, 0.717) is 33.3 Å². The van der Waals surface area contributed by atoms with Crippen LogP contribution in [0.2, 0.25) is 15.1 Å². The lowest BCUT2D eigenvalue weighted by Gasteiger charge is -2.16. The molecule has 7 nitrogen and oxygen atoms in total. The molecule has 1 N–H and O–H groups in total. The molecule has 0 aliphatic rings. The van der Waals surface area contributed by atoms with Crippen LogP contribution < -0.4 is 5.32 Å². The monoisotopic (exact) mass is 529 g/mol. The fourth-order valence-corrected chi connectivity index (χ4v) is 4.46. The minimum Gasteiger partial charge on any atom is -0.440 e. The van der Waals surface area contributed by atoms with Crippen molar-refractivity contribution in [3.8, 4) is 5.69 Å². The molecule has 2 aromatic heterocycles. The number of nitrogens with zero attached hydrogens (tertiary/aromatic N) is 4. The first kappa shape index (κ1) is 23.3. The molecule has 176 valence electrons. The van der Waals surface area contributed by atoms with Crippen molar-refractivity contribution < 1.29 is 13.6 Å². The number of carbonyl (C=O) groups excluding carboxylic acids is 1. The van der Waals surface area contributed by atoms with E-state index in [9.17, 15) is 9.18 Å². The van der Waals surface area contributed by atoms with Crippen LogP contribution in [0.25, 0.3) is 16.8 Å². The van der Waals surface area contributed by atoms with E-state index in [2.05, 4.69) is 20.5 Å². The zero-order valence-corrected chi connectivity index (χ0v) is 20.0. The molecule has 5 rings (SSSR count). The number of halogens is 4. The van der Waals surface area contributed by atoms with Crippen LogP contribution in [0.5, 0.6) is 0 Å². The molecule has 5 aromatic rings. The fraction of sp³-hybridized carbons (Fsp3) is 0.0833. The van der Waals surface area contributed by atoms with Gasteiger partial charge >= 0.3 is 0 Å². The summed E-state index contributed by atoms with van der Waals surface area (Å²) in [6, 6.07) is 14.2. The Labute approximate surface area is 213 Å². The highest BCUT2D eigenvalue weighted by molar-refractivity contribution is 6.40. The van der Waals surface area contributed by atoms with Crippen LogP contribution in [-0.4, -0.2) is 32.2 Å². The van der Waals surface area contributed by atoms with Gasteiger partial charge in [-0.15, -0.1) is 10.2 Å². The molecule has 0 bridgehead atoms. The maximum atomic E-state index is 13.6. The molecular weight excluding hydrogens is 516 g/mol. The second-order valence-electron chi connectivity index (χ2n) is 7.63. The van der Waals surface area contributed by atoms with Crippen molar-refractivity contribution in [1.82, 2.24) is 25.1 Å². The summed E-state index contributed by atoms with van der Waals surface area (Å²) in [7, 11) is 0. The number of fused-ring (bicyclic) bond motifs is 1. The number of rotatable bonds is 6. The summed E-state index contributed by atoms with van der Waals surface area (Å²) in [6.07, 6.45) is 2.98. The van der Waals surface area contributed by atoms with E-state index in [-0.39, 0.29) is 28.0 Å². The molecule has 35 heavy (non-hydrogen) atoms. The summed E-state index contributed by atoms with van der Waals surface area (Å²) < 4.78 is 21.1. The Morgan fingerprint density at radius 2 is 1.69 bits per heavy atom. The van der Waals surface area contributed by atoms with Gasteiger partial charge < -0.3 is 9.73 Å². The van der Waals surface area contributed by atoms with Crippen LogP contribution in [0.3, 0.4) is 0 Å². The van der Waals surface area contributed by atoms with E-state index in [0.717, 1.165) is 0 Å². The summed E-state index contributed by atoms with van der Waals surface area (Å²) >= 11 is 18.9. The lowest BCUT2D eigenvalue weighted by molar-refractivity contribution is 0.0952. The number of carbonyl (C=O) groups is 1. The van der Waals surface area contributed by atoms with Crippen LogP contribution in [0.4, 0.5) is 4.39 Å². The third kappa shape index (κ3) is 4.86. The Morgan fingerprint density at radius 3 is 2.37 bits per heavy atom. The van der Waals surface area contributed by atoms with E-state index in [1.807, 2.05) is 0 Å². The van der Waals surface area contributed by atoms with Crippen molar-refractivity contribution in [3.05, 3.63) is 105 Å². The molecule has 0 spiro atoms. The van der Waals surface area contributed by atoms with Crippen LogP contribution in [0.15, 0.2) is 71.7 Å². The Morgan fingerprint density at radius 1 is 1.00 bits per heavy atom. The van der Waals surface area contributed by atoms with E-state index >= 15 is 0 Å². The van der Waals surface area contributed by atoms with Crippen LogP contribution >= 0.6 is 34.8 Å². The average molecular weight is 531 g/mol. The summed E-state index contributed by atoms with van der Waals surface area (Å²) in [5.41, 5.74) is 2.54. The highest BCUT2D eigenvalue weighted by Gasteiger charge is 2.24. The molecule has 0 aliphatic carbocycles. The third-order valence-electron chi connectivity index (χ3n) is 5.38. The molecule has 0 saturated heterocycles. The first-order chi connectivity index (χ1) is 16.9. The smallest absolute Gasteiger partial charge is 0.254 e. The van der Waals surface area contributed by atoms with E-state index in [1.54, 1.807) is 47.0 Å². The summed E-state index contributed by atoms with van der Waals surface area (Å²) in [4.78, 5) is 17.6. The molecule has 11 heteroatoms. The van der Waals surface area contributed by atoms with Gasteiger partial charge in [0.2, 0.25) is 5.89 Å². The zero-order valence-electron chi connectivity index (χ0n) is 17.8. The number of amides is 1. The molecule has 2 heterocycles. The number of hydrogen-bond donors (Lipinski definition) is 1. The number of hydrogen-bond acceptors (Lipinski definition) is 5. The van der Waals surface area contributed by atoms with Gasteiger partial charge in [0.1, 0.15) is 24.0 Å². The first-order valence-electron chi connectivity index (χ1n) is 10.3. The maximum absolute atomic E-state index is 13.6. The molecule has 0 radical (unpaired) electrons. The van der Waals surface area contributed by atoms with Gasteiger partial charge in [-0.3, -0.25) is 9.36 Å². The van der Waals surface area contributed by atoms with Crippen molar-refractivity contribution in [1.29, 1.82) is 0 Å². The standard InChI is InChI=1S/C24H15Cl3FN5O2/c25-14-3-6-20-21(7-14)35-24(32-20)17(13-1-4-15(28)5-2-13)10-29-23(34)22-18(26)8-16(9-19(22)27)33-11-30-31-12-33/h1-9,11-12,17H,10H2,(H,29,34)/t17-/m0/s1. The van der Waals surface area contributed by atoms with Crippen LogP contribution in [0, 0.1) is 5.82 Å². The largest absolute Gasteiger partial charge is 0.440 e. The minimum absolute atomic E-state index is 0.0882. The molecule has 0 unspecified atom stereocenters. The number of aromatic nitrogens is 4. The summed E-state index contributed by atoms with van der Waals surface area (Å²) in [6.45, 7) is 0.0882. The highest BCUT2D eigenvalue weighted by atomic mass is 35.5. The molecule has 1 atom stereocenters. The predicted molar refractivity (Wildman–Crippen MR) is 131 cm³/mol. The van der Waals surface area contributed by atoms with Crippen molar-refractivity contribution in [2.75, 3.05) is 6.54 Å². The highest BCUT2D eigenvalue weighted by Crippen LogP contribution is 2.31. The van der Waals surface area contributed by atoms with Crippen LogP contribution in [0.1, 0.15) is 27.7 Å². The number of oxazole rings is 1. The molecule has 0 saturated carbocycles. The topological polar surface area (TPSA) is 85.8 Å². The fourth-order valence-electron chi connectivity index (χ4n) is 3.65. The van der Waals surface area contributed by atoms with Gasteiger partial charge in [-0.05, 0) is 42.0 Å². The summed E-state index contributed by atoms with van der Waals surface area (Å²) in [5.74, 6) is -1.04. The zero-order chi connectivity index (χ0) is 24.5. The van der Waals surface area contributed by atoms with Gasteiger partial charge in [-0.25, -0.2) is 9.37 Å². The number of nitrogens with one attached hydrogen (secondary N) is 1. The Kier molecular flexibility index (Phi) is 6.42. The molecule has 1 amide bonds. The van der Waals surface area contributed by atoms with Gasteiger partial charge in [0.25, 0.3) is 5.91 Å². The SMILES string of the molecule is O=C(NC[C@@H](c1ccc(F)cc1)c1nc2ccc(Cl)cc2o1)c1c(Cl)cc(-n2cnnc2)cc1Cl. The Bertz CT molecular complexity index is 1500. The van der Waals surface area contributed by atoms with Crippen LogP contribution in [-0.2, 0) is 0 Å². The first-order valence-corrected chi connectivity index (χ1v) is 11.5. The second kappa shape index (κ2) is 9.65. The molecule has 0 fully saturated rings. The average Bonchev–Trinajstić information content (AvgIpc) is 3.50. The van der Waals surface area contributed by atoms with Crippen molar-refractivity contribution in [2.24, 2.45) is 0 Å². The molecule has 3 aromatic carbocycles. The predicted octanol–water partition coefficient (Wildman–Crippen LogP) is 6.07. The van der Waals surface area contributed by atoms with E-state index in [1.165, 1.54) is 24.8 Å². The van der Waals surface area contributed by atoms with Gasteiger partial charge in [-0.1, -0.05) is 46.9 Å². The molecule has 0 aliphatic heterocycles. The lowest BCUT2D eigenvalue weighted by atomic mass is 9.98. The van der Waals surface area contributed by atoms with Crippen molar-refractivity contribution >= 4 is 51.8 Å². The van der Waals surface area contributed by atoms with Gasteiger partial charge in [-0.2, -0.15) is 0 Å². The van der Waals surface area contributed by atoms with Gasteiger partial charge in [0.15, 0.2) is 5.58 Å². The van der Waals surface area contributed by atoms with E-state index < -0.39 is 11.8 Å². The lowest BCUT2D eigenvalue weighted by Crippen LogP contribution is -2.29.